The van der Waals surface area contributed by atoms with Crippen molar-refractivity contribution in [2.75, 3.05) is 11.9 Å². The molecule has 0 N–H and O–H groups in total. The fourth-order valence-corrected chi connectivity index (χ4v) is 2.32. The lowest BCUT2D eigenvalue weighted by Crippen LogP contribution is -2.12. The lowest BCUT2D eigenvalue weighted by atomic mass is 10.1. The van der Waals surface area contributed by atoms with Crippen molar-refractivity contribution in [3.63, 3.8) is 0 Å². The minimum Gasteiger partial charge on any atom is -0.329 e. The van der Waals surface area contributed by atoms with Crippen LogP contribution >= 0.6 is 0 Å². The largest absolute Gasteiger partial charge is 0.329 e. The highest BCUT2D eigenvalue weighted by Gasteiger charge is 2.09. The molecule has 1 heterocycles. The second-order valence-electron chi connectivity index (χ2n) is 4.72. The molecule has 0 aliphatic rings. The summed E-state index contributed by atoms with van der Waals surface area (Å²) in [6.45, 7) is 2.11. The first kappa shape index (κ1) is 11.7. The molecule has 0 amide bonds. The van der Waals surface area contributed by atoms with Crippen molar-refractivity contribution in [1.29, 1.82) is 0 Å². The van der Waals surface area contributed by atoms with Crippen LogP contribution < -0.4 is 4.90 Å². The molecule has 3 rings (SSSR count). The average Bonchev–Trinajstić information content (AvgIpc) is 2.47. The molecule has 0 aliphatic carbocycles. The molecule has 2 nitrogen and oxygen atoms in total. The summed E-state index contributed by atoms with van der Waals surface area (Å²) in [5.74, 6) is 1.00. The second kappa shape index (κ2) is 4.73. The van der Waals surface area contributed by atoms with Gasteiger partial charge in [-0.3, -0.25) is 0 Å². The number of pyridine rings is 1. The van der Waals surface area contributed by atoms with Crippen LogP contribution in [-0.4, -0.2) is 12.0 Å². The Hall–Kier alpha value is -2.35. The third-order valence-electron chi connectivity index (χ3n) is 3.35. The number of anilines is 2. The number of benzene rings is 2. The minimum atomic E-state index is 1.00. The molecule has 0 saturated carbocycles. The molecule has 2 aromatic carbocycles. The smallest absolute Gasteiger partial charge is 0.136 e. The first-order valence-corrected chi connectivity index (χ1v) is 6.41. The van der Waals surface area contributed by atoms with E-state index in [0.29, 0.717) is 0 Å². The Morgan fingerprint density at radius 3 is 2.37 bits per heavy atom. The maximum atomic E-state index is 4.78. The van der Waals surface area contributed by atoms with Gasteiger partial charge in [0.25, 0.3) is 0 Å². The lowest BCUT2D eigenvalue weighted by Gasteiger charge is -2.20. The summed E-state index contributed by atoms with van der Waals surface area (Å²) >= 11 is 0. The van der Waals surface area contributed by atoms with Crippen molar-refractivity contribution >= 4 is 22.4 Å². The first-order chi connectivity index (χ1) is 9.25. The second-order valence-corrected chi connectivity index (χ2v) is 4.72. The lowest BCUT2D eigenvalue weighted by molar-refractivity contribution is 1.12. The SMILES string of the molecule is Cc1cc2ccccc2nc1N(C)c1ccccc1. The standard InChI is InChI=1S/C17H16N2/c1-13-12-14-8-6-7-11-16(14)18-17(13)19(2)15-9-4-3-5-10-15/h3-12H,1-2H3. The van der Waals surface area contributed by atoms with Gasteiger partial charge in [0.1, 0.15) is 5.82 Å². The van der Waals surface area contributed by atoms with Crippen LogP contribution in [0, 0.1) is 6.92 Å². The summed E-state index contributed by atoms with van der Waals surface area (Å²) in [5, 5.41) is 1.19. The van der Waals surface area contributed by atoms with Crippen molar-refractivity contribution in [3.05, 3.63) is 66.2 Å². The van der Waals surface area contributed by atoms with E-state index in [1.54, 1.807) is 0 Å². The molecule has 94 valence electrons. The van der Waals surface area contributed by atoms with Gasteiger partial charge in [-0.25, -0.2) is 4.98 Å². The first-order valence-electron chi connectivity index (χ1n) is 6.41. The predicted molar refractivity (Wildman–Crippen MR) is 81.0 cm³/mol. The van der Waals surface area contributed by atoms with E-state index in [1.807, 2.05) is 30.3 Å². The molecule has 19 heavy (non-hydrogen) atoms. The molecule has 0 aliphatic heterocycles. The van der Waals surface area contributed by atoms with Crippen LogP contribution in [0.3, 0.4) is 0 Å². The van der Waals surface area contributed by atoms with Crippen LogP contribution in [0.2, 0.25) is 0 Å². The summed E-state index contributed by atoms with van der Waals surface area (Å²) in [7, 11) is 2.06. The molecule has 0 saturated heterocycles. The Balaban J connectivity index is 2.12. The zero-order chi connectivity index (χ0) is 13.2. The summed E-state index contributed by atoms with van der Waals surface area (Å²) < 4.78 is 0. The molecule has 0 radical (unpaired) electrons. The van der Waals surface area contributed by atoms with Gasteiger partial charge in [0.2, 0.25) is 0 Å². The Bertz CT molecular complexity index is 705. The Kier molecular flexibility index (Phi) is 2.92. The summed E-state index contributed by atoms with van der Waals surface area (Å²) in [4.78, 5) is 6.90. The van der Waals surface area contributed by atoms with Gasteiger partial charge in [-0.05, 0) is 36.8 Å². The van der Waals surface area contributed by atoms with Gasteiger partial charge in [-0.2, -0.15) is 0 Å². The van der Waals surface area contributed by atoms with Gasteiger partial charge in [0.15, 0.2) is 0 Å². The minimum absolute atomic E-state index is 1.00. The van der Waals surface area contributed by atoms with E-state index in [9.17, 15) is 0 Å². The molecule has 0 unspecified atom stereocenters. The topological polar surface area (TPSA) is 16.1 Å². The highest BCUT2D eigenvalue weighted by Crippen LogP contribution is 2.27. The summed E-state index contributed by atoms with van der Waals surface area (Å²) in [6.07, 6.45) is 0. The van der Waals surface area contributed by atoms with Crippen LogP contribution in [0.1, 0.15) is 5.56 Å². The number of para-hydroxylation sites is 2. The maximum Gasteiger partial charge on any atom is 0.136 e. The molecule has 1 aromatic heterocycles. The Morgan fingerprint density at radius 2 is 1.58 bits per heavy atom. The zero-order valence-electron chi connectivity index (χ0n) is 11.2. The van der Waals surface area contributed by atoms with Gasteiger partial charge < -0.3 is 4.90 Å². The van der Waals surface area contributed by atoms with Gasteiger partial charge in [-0.15, -0.1) is 0 Å². The van der Waals surface area contributed by atoms with Crippen LogP contribution in [0.15, 0.2) is 60.7 Å². The number of nitrogens with zero attached hydrogens (tertiary/aromatic N) is 2. The number of hydrogen-bond donors (Lipinski definition) is 0. The van der Waals surface area contributed by atoms with Gasteiger partial charge in [0, 0.05) is 18.1 Å². The number of aromatic nitrogens is 1. The Morgan fingerprint density at radius 1 is 0.895 bits per heavy atom. The monoisotopic (exact) mass is 248 g/mol. The highest BCUT2D eigenvalue weighted by atomic mass is 15.2. The maximum absolute atomic E-state index is 4.78. The van der Waals surface area contributed by atoms with E-state index in [-0.39, 0.29) is 0 Å². The zero-order valence-corrected chi connectivity index (χ0v) is 11.2. The van der Waals surface area contributed by atoms with Crippen LogP contribution in [0.25, 0.3) is 10.9 Å². The molecule has 0 atom stereocenters. The quantitative estimate of drug-likeness (QED) is 0.671. The van der Waals surface area contributed by atoms with Crippen molar-refractivity contribution in [2.24, 2.45) is 0 Å². The van der Waals surface area contributed by atoms with Gasteiger partial charge >= 0.3 is 0 Å². The van der Waals surface area contributed by atoms with E-state index < -0.39 is 0 Å². The summed E-state index contributed by atoms with van der Waals surface area (Å²) in [5.41, 5.74) is 3.37. The molecule has 2 heteroatoms. The number of fused-ring (bicyclic) bond motifs is 1. The number of rotatable bonds is 2. The van der Waals surface area contributed by atoms with Gasteiger partial charge in [0.05, 0.1) is 5.52 Å². The van der Waals surface area contributed by atoms with E-state index in [2.05, 4.69) is 49.2 Å². The Labute approximate surface area is 113 Å². The number of aryl methyl sites for hydroxylation is 1. The van der Waals surface area contributed by atoms with Crippen LogP contribution in [-0.2, 0) is 0 Å². The van der Waals surface area contributed by atoms with Gasteiger partial charge in [-0.1, -0.05) is 36.4 Å². The van der Waals surface area contributed by atoms with Crippen LogP contribution in [0.5, 0.6) is 0 Å². The summed E-state index contributed by atoms with van der Waals surface area (Å²) in [6, 6.07) is 20.7. The van der Waals surface area contributed by atoms with E-state index in [4.69, 9.17) is 4.98 Å². The molecular formula is C17H16N2. The highest BCUT2D eigenvalue weighted by molar-refractivity contribution is 5.82. The van der Waals surface area contributed by atoms with E-state index in [1.165, 1.54) is 10.9 Å². The van der Waals surface area contributed by atoms with E-state index >= 15 is 0 Å². The normalized spacial score (nSPS) is 10.6. The molecule has 3 aromatic rings. The fourth-order valence-electron chi connectivity index (χ4n) is 2.32. The third kappa shape index (κ3) is 2.17. The molecular weight excluding hydrogens is 232 g/mol. The molecule has 0 spiro atoms. The predicted octanol–water partition coefficient (Wildman–Crippen LogP) is 4.31. The van der Waals surface area contributed by atoms with Crippen molar-refractivity contribution in [1.82, 2.24) is 4.98 Å². The molecule has 0 bridgehead atoms. The van der Waals surface area contributed by atoms with Crippen molar-refractivity contribution < 1.29 is 0 Å². The van der Waals surface area contributed by atoms with Crippen LogP contribution in [0.4, 0.5) is 11.5 Å². The van der Waals surface area contributed by atoms with Crippen molar-refractivity contribution in [3.8, 4) is 0 Å². The molecule has 0 fully saturated rings. The fraction of sp³-hybridized carbons (Fsp3) is 0.118. The number of hydrogen-bond acceptors (Lipinski definition) is 2. The third-order valence-corrected chi connectivity index (χ3v) is 3.35. The van der Waals surface area contributed by atoms with E-state index in [0.717, 1.165) is 17.0 Å². The average molecular weight is 248 g/mol. The van der Waals surface area contributed by atoms with Crippen molar-refractivity contribution in [2.45, 2.75) is 6.92 Å².